The van der Waals surface area contributed by atoms with E-state index in [1.165, 1.54) is 0 Å². The first kappa shape index (κ1) is 16.3. The Balaban J connectivity index is 1.69. The molecule has 0 saturated heterocycles. The Labute approximate surface area is 148 Å². The summed E-state index contributed by atoms with van der Waals surface area (Å²) < 4.78 is 6.95. The van der Waals surface area contributed by atoms with Crippen molar-refractivity contribution in [2.24, 2.45) is 0 Å². The standard InChI is InChI=1S/C19H16BrNO3/c1-12-10-14(20)4-8-17(12)18-9-7-16(24-18)11-21-15-5-2-13(3-6-15)19(22)23/h2-10,21H,11H2,1H3,(H,22,23). The van der Waals surface area contributed by atoms with Crippen molar-refractivity contribution in [3.05, 3.63) is 76.0 Å². The predicted octanol–water partition coefficient (Wildman–Crippen LogP) is 5.33. The summed E-state index contributed by atoms with van der Waals surface area (Å²) in [6, 6.07) is 16.6. The minimum absolute atomic E-state index is 0.270. The first-order valence-corrected chi connectivity index (χ1v) is 8.25. The third-order valence-corrected chi connectivity index (χ3v) is 4.21. The number of carboxylic acid groups (broad SMARTS) is 1. The highest BCUT2D eigenvalue weighted by Gasteiger charge is 2.08. The van der Waals surface area contributed by atoms with E-state index in [2.05, 4.69) is 27.3 Å². The van der Waals surface area contributed by atoms with Crippen LogP contribution in [0, 0.1) is 6.92 Å². The van der Waals surface area contributed by atoms with E-state index < -0.39 is 5.97 Å². The van der Waals surface area contributed by atoms with E-state index in [1.54, 1.807) is 24.3 Å². The van der Waals surface area contributed by atoms with E-state index in [1.807, 2.05) is 31.2 Å². The lowest BCUT2D eigenvalue weighted by atomic mass is 10.1. The zero-order valence-electron chi connectivity index (χ0n) is 13.0. The van der Waals surface area contributed by atoms with Gasteiger partial charge in [0.25, 0.3) is 0 Å². The number of benzene rings is 2. The van der Waals surface area contributed by atoms with Crippen molar-refractivity contribution in [3.63, 3.8) is 0 Å². The van der Waals surface area contributed by atoms with Crippen LogP contribution in [0.1, 0.15) is 21.7 Å². The maximum absolute atomic E-state index is 10.8. The average Bonchev–Trinajstić information content (AvgIpc) is 3.02. The molecule has 122 valence electrons. The van der Waals surface area contributed by atoms with Gasteiger partial charge in [0.15, 0.2) is 0 Å². The number of anilines is 1. The molecule has 0 amide bonds. The van der Waals surface area contributed by atoms with Crippen molar-refractivity contribution >= 4 is 27.6 Å². The SMILES string of the molecule is Cc1cc(Br)ccc1-c1ccc(CNc2ccc(C(=O)O)cc2)o1. The predicted molar refractivity (Wildman–Crippen MR) is 97.3 cm³/mol. The summed E-state index contributed by atoms with van der Waals surface area (Å²) in [4.78, 5) is 10.8. The first-order chi connectivity index (χ1) is 11.5. The molecule has 4 nitrogen and oxygen atoms in total. The van der Waals surface area contributed by atoms with Crippen LogP contribution in [0.4, 0.5) is 5.69 Å². The summed E-state index contributed by atoms with van der Waals surface area (Å²) in [5, 5.41) is 12.1. The average molecular weight is 386 g/mol. The summed E-state index contributed by atoms with van der Waals surface area (Å²) in [5.41, 5.74) is 3.32. The van der Waals surface area contributed by atoms with E-state index in [0.717, 1.165) is 32.8 Å². The van der Waals surface area contributed by atoms with Gasteiger partial charge in [0, 0.05) is 15.7 Å². The van der Waals surface area contributed by atoms with Gasteiger partial charge < -0.3 is 14.8 Å². The van der Waals surface area contributed by atoms with E-state index in [9.17, 15) is 4.79 Å². The molecule has 2 aromatic carbocycles. The van der Waals surface area contributed by atoms with Crippen LogP contribution in [-0.2, 0) is 6.54 Å². The minimum Gasteiger partial charge on any atom is -0.478 e. The Morgan fingerprint density at radius 1 is 1.12 bits per heavy atom. The van der Waals surface area contributed by atoms with Gasteiger partial charge in [-0.25, -0.2) is 4.79 Å². The third-order valence-electron chi connectivity index (χ3n) is 3.71. The number of rotatable bonds is 5. The smallest absolute Gasteiger partial charge is 0.335 e. The van der Waals surface area contributed by atoms with Crippen molar-refractivity contribution in [2.75, 3.05) is 5.32 Å². The summed E-state index contributed by atoms with van der Waals surface area (Å²) in [6.07, 6.45) is 0. The zero-order chi connectivity index (χ0) is 17.1. The van der Waals surface area contributed by atoms with Gasteiger partial charge in [0.05, 0.1) is 12.1 Å². The number of hydrogen-bond donors (Lipinski definition) is 2. The Kier molecular flexibility index (Phi) is 4.71. The Hall–Kier alpha value is -2.53. The lowest BCUT2D eigenvalue weighted by molar-refractivity contribution is 0.0697. The van der Waals surface area contributed by atoms with Gasteiger partial charge in [0.2, 0.25) is 0 Å². The number of carbonyl (C=O) groups is 1. The van der Waals surface area contributed by atoms with Crippen molar-refractivity contribution in [1.82, 2.24) is 0 Å². The molecule has 0 aliphatic heterocycles. The fraction of sp³-hybridized carbons (Fsp3) is 0.105. The molecule has 1 aromatic heterocycles. The second-order valence-corrected chi connectivity index (χ2v) is 6.38. The van der Waals surface area contributed by atoms with Crippen molar-refractivity contribution in [2.45, 2.75) is 13.5 Å². The molecule has 24 heavy (non-hydrogen) atoms. The number of halogens is 1. The summed E-state index contributed by atoms with van der Waals surface area (Å²) in [7, 11) is 0. The summed E-state index contributed by atoms with van der Waals surface area (Å²) >= 11 is 3.46. The molecule has 2 N–H and O–H groups in total. The van der Waals surface area contributed by atoms with Crippen LogP contribution in [0.15, 0.2) is 63.5 Å². The minimum atomic E-state index is -0.929. The first-order valence-electron chi connectivity index (χ1n) is 7.45. The Morgan fingerprint density at radius 2 is 1.88 bits per heavy atom. The Bertz CT molecular complexity index is 869. The Morgan fingerprint density at radius 3 is 2.54 bits per heavy atom. The molecule has 0 bridgehead atoms. The van der Waals surface area contributed by atoms with Crippen LogP contribution in [0.3, 0.4) is 0 Å². The number of furan rings is 1. The van der Waals surface area contributed by atoms with Crippen molar-refractivity contribution < 1.29 is 14.3 Å². The van der Waals surface area contributed by atoms with Crippen LogP contribution >= 0.6 is 15.9 Å². The molecular weight excluding hydrogens is 370 g/mol. The second kappa shape index (κ2) is 6.93. The van der Waals surface area contributed by atoms with Crippen LogP contribution in [0.5, 0.6) is 0 Å². The van der Waals surface area contributed by atoms with E-state index >= 15 is 0 Å². The number of nitrogens with one attached hydrogen (secondary N) is 1. The normalized spacial score (nSPS) is 10.6. The highest BCUT2D eigenvalue weighted by molar-refractivity contribution is 9.10. The molecule has 0 fully saturated rings. The largest absolute Gasteiger partial charge is 0.478 e. The molecule has 0 radical (unpaired) electrons. The lowest BCUT2D eigenvalue weighted by Crippen LogP contribution is -2.00. The third kappa shape index (κ3) is 3.68. The molecule has 3 rings (SSSR count). The summed E-state index contributed by atoms with van der Waals surface area (Å²) in [6.45, 7) is 2.58. The molecule has 0 atom stereocenters. The maximum Gasteiger partial charge on any atom is 0.335 e. The van der Waals surface area contributed by atoms with Crippen LogP contribution in [0.2, 0.25) is 0 Å². The van der Waals surface area contributed by atoms with Gasteiger partial charge in [-0.15, -0.1) is 0 Å². The van der Waals surface area contributed by atoms with Gasteiger partial charge in [-0.2, -0.15) is 0 Å². The molecule has 3 aromatic rings. The van der Waals surface area contributed by atoms with Gasteiger partial charge in [-0.1, -0.05) is 15.9 Å². The molecule has 0 aliphatic rings. The van der Waals surface area contributed by atoms with Gasteiger partial charge in [-0.05, 0) is 67.1 Å². The maximum atomic E-state index is 10.8. The molecule has 1 heterocycles. The second-order valence-electron chi connectivity index (χ2n) is 5.46. The van der Waals surface area contributed by atoms with Crippen LogP contribution < -0.4 is 5.32 Å². The van der Waals surface area contributed by atoms with Gasteiger partial charge in [-0.3, -0.25) is 0 Å². The van der Waals surface area contributed by atoms with Crippen LogP contribution in [0.25, 0.3) is 11.3 Å². The molecule has 0 saturated carbocycles. The zero-order valence-corrected chi connectivity index (χ0v) is 14.6. The number of aryl methyl sites for hydroxylation is 1. The summed E-state index contributed by atoms with van der Waals surface area (Å²) in [5.74, 6) is 0.717. The fourth-order valence-electron chi connectivity index (χ4n) is 2.44. The molecular formula is C19H16BrNO3. The van der Waals surface area contributed by atoms with Gasteiger partial charge >= 0.3 is 5.97 Å². The fourth-order valence-corrected chi connectivity index (χ4v) is 2.92. The monoisotopic (exact) mass is 385 g/mol. The molecule has 5 heteroatoms. The number of carboxylic acids is 1. The van der Waals surface area contributed by atoms with E-state index in [-0.39, 0.29) is 5.56 Å². The highest BCUT2D eigenvalue weighted by atomic mass is 79.9. The topological polar surface area (TPSA) is 62.5 Å². The molecule has 0 aliphatic carbocycles. The van der Waals surface area contributed by atoms with Crippen molar-refractivity contribution in [3.8, 4) is 11.3 Å². The van der Waals surface area contributed by atoms with E-state index in [0.29, 0.717) is 6.54 Å². The number of aromatic carboxylic acids is 1. The quantitative estimate of drug-likeness (QED) is 0.622. The van der Waals surface area contributed by atoms with Crippen molar-refractivity contribution in [1.29, 1.82) is 0 Å². The molecule has 0 unspecified atom stereocenters. The lowest BCUT2D eigenvalue weighted by Gasteiger charge is -2.05. The number of hydrogen-bond acceptors (Lipinski definition) is 3. The van der Waals surface area contributed by atoms with Crippen LogP contribution in [-0.4, -0.2) is 11.1 Å². The molecule has 0 spiro atoms. The van der Waals surface area contributed by atoms with Gasteiger partial charge in [0.1, 0.15) is 11.5 Å². The van der Waals surface area contributed by atoms with E-state index in [4.69, 9.17) is 9.52 Å². The highest BCUT2D eigenvalue weighted by Crippen LogP contribution is 2.28.